The highest BCUT2D eigenvalue weighted by atomic mass is 32.2. The van der Waals surface area contributed by atoms with Crippen LogP contribution < -0.4 is 11.1 Å². The number of thioether (sulfide) groups is 1. The number of aromatic amines is 1. The Balaban J connectivity index is 1.72. The van der Waals surface area contributed by atoms with Crippen molar-refractivity contribution in [2.45, 2.75) is 31.3 Å². The van der Waals surface area contributed by atoms with Crippen molar-refractivity contribution in [1.82, 2.24) is 19.5 Å². The van der Waals surface area contributed by atoms with Gasteiger partial charge in [-0.25, -0.2) is 9.97 Å². The van der Waals surface area contributed by atoms with Gasteiger partial charge >= 0.3 is 0 Å². The first-order valence-electron chi connectivity index (χ1n) is 8.20. The molecule has 0 spiro atoms. The van der Waals surface area contributed by atoms with E-state index in [9.17, 15) is 9.59 Å². The zero-order valence-electron chi connectivity index (χ0n) is 14.7. The van der Waals surface area contributed by atoms with Crippen molar-refractivity contribution in [3.8, 4) is 0 Å². The first-order valence-corrected chi connectivity index (χ1v) is 10.9. The van der Waals surface area contributed by atoms with Gasteiger partial charge in [-0.1, -0.05) is 17.8 Å². The van der Waals surface area contributed by atoms with Gasteiger partial charge in [-0.05, 0) is 30.9 Å². The van der Waals surface area contributed by atoms with Crippen molar-refractivity contribution in [3.63, 3.8) is 0 Å². The van der Waals surface area contributed by atoms with Crippen LogP contribution in [0.1, 0.15) is 16.3 Å². The number of hydrogen-bond donors (Lipinski definition) is 1. The molecule has 0 radical (unpaired) electrons. The maximum Gasteiger partial charge on any atom is 0.272 e. The SMILES string of the molecule is C=CCn1c(SCc2nc3sc(C)c(C)c3c(=O)[nH]2)nc2ccsc2c1=O. The van der Waals surface area contributed by atoms with Crippen molar-refractivity contribution in [2.24, 2.45) is 0 Å². The summed E-state index contributed by atoms with van der Waals surface area (Å²) in [5.74, 6) is 0.990. The maximum atomic E-state index is 12.7. The van der Waals surface area contributed by atoms with E-state index >= 15 is 0 Å². The normalized spacial score (nSPS) is 11.5. The van der Waals surface area contributed by atoms with Gasteiger partial charge in [-0.3, -0.25) is 14.2 Å². The van der Waals surface area contributed by atoms with Crippen molar-refractivity contribution in [2.75, 3.05) is 0 Å². The zero-order chi connectivity index (χ0) is 19.1. The van der Waals surface area contributed by atoms with Crippen molar-refractivity contribution < 1.29 is 0 Å². The van der Waals surface area contributed by atoms with E-state index in [2.05, 4.69) is 21.5 Å². The van der Waals surface area contributed by atoms with Crippen LogP contribution in [0.4, 0.5) is 0 Å². The van der Waals surface area contributed by atoms with E-state index in [0.717, 1.165) is 15.3 Å². The lowest BCUT2D eigenvalue weighted by atomic mass is 10.2. The largest absolute Gasteiger partial charge is 0.309 e. The molecule has 0 saturated carbocycles. The average molecular weight is 417 g/mol. The van der Waals surface area contributed by atoms with E-state index in [4.69, 9.17) is 0 Å². The number of aromatic nitrogens is 4. The van der Waals surface area contributed by atoms with Crippen molar-refractivity contribution in [1.29, 1.82) is 0 Å². The molecule has 0 atom stereocenters. The van der Waals surface area contributed by atoms with Crippen LogP contribution in [-0.4, -0.2) is 19.5 Å². The third-order valence-corrected chi connectivity index (χ3v) is 7.25. The topological polar surface area (TPSA) is 80.6 Å². The summed E-state index contributed by atoms with van der Waals surface area (Å²) in [5.41, 5.74) is 1.47. The lowest BCUT2D eigenvalue weighted by molar-refractivity contribution is 0.672. The summed E-state index contributed by atoms with van der Waals surface area (Å²) in [4.78, 5) is 39.0. The second-order valence-electron chi connectivity index (χ2n) is 6.00. The Morgan fingerprint density at radius 2 is 2.15 bits per heavy atom. The number of H-pyrrole nitrogens is 1. The molecule has 0 fully saturated rings. The molecule has 4 aromatic rings. The molecular formula is C18H16N4O2S3. The first kappa shape index (κ1) is 18.1. The minimum atomic E-state index is -0.123. The molecule has 0 saturated heterocycles. The number of nitrogens with one attached hydrogen (secondary N) is 1. The van der Waals surface area contributed by atoms with Gasteiger partial charge in [-0.15, -0.1) is 29.3 Å². The quantitative estimate of drug-likeness (QED) is 0.304. The fourth-order valence-corrected chi connectivity index (χ4v) is 5.53. The van der Waals surface area contributed by atoms with Gasteiger partial charge in [0, 0.05) is 11.4 Å². The van der Waals surface area contributed by atoms with Crippen LogP contribution in [0.2, 0.25) is 0 Å². The highest BCUT2D eigenvalue weighted by Crippen LogP contribution is 2.27. The number of fused-ring (bicyclic) bond motifs is 2. The van der Waals surface area contributed by atoms with E-state index < -0.39 is 0 Å². The van der Waals surface area contributed by atoms with Gasteiger partial charge in [-0.2, -0.15) is 0 Å². The molecule has 0 unspecified atom stereocenters. The second-order valence-corrected chi connectivity index (χ2v) is 9.06. The van der Waals surface area contributed by atoms with Crippen LogP contribution in [0, 0.1) is 13.8 Å². The van der Waals surface area contributed by atoms with Crippen LogP contribution >= 0.6 is 34.4 Å². The molecular weight excluding hydrogens is 400 g/mol. The van der Waals surface area contributed by atoms with Gasteiger partial charge in [0.25, 0.3) is 11.1 Å². The lowest BCUT2D eigenvalue weighted by Gasteiger charge is -2.09. The van der Waals surface area contributed by atoms with E-state index in [-0.39, 0.29) is 11.1 Å². The van der Waals surface area contributed by atoms with Crippen LogP contribution in [0.3, 0.4) is 0 Å². The molecule has 0 bridgehead atoms. The Kier molecular flexibility index (Phi) is 4.75. The standard InChI is InChI=1S/C18H16N4O2S3/c1-4-6-22-17(24)14-11(5-7-25-14)19-18(22)26-8-12-20-15(23)13-9(2)10(3)27-16(13)21-12/h4-5,7H,1,6,8H2,2-3H3,(H,20,21,23). The summed E-state index contributed by atoms with van der Waals surface area (Å²) in [6.07, 6.45) is 1.68. The van der Waals surface area contributed by atoms with Crippen LogP contribution in [-0.2, 0) is 12.3 Å². The summed E-state index contributed by atoms with van der Waals surface area (Å²) in [5, 5.41) is 3.11. The monoisotopic (exact) mass is 416 g/mol. The summed E-state index contributed by atoms with van der Waals surface area (Å²) < 4.78 is 2.24. The predicted molar refractivity (Wildman–Crippen MR) is 113 cm³/mol. The number of rotatable bonds is 5. The Morgan fingerprint density at radius 3 is 2.93 bits per heavy atom. The summed E-state index contributed by atoms with van der Waals surface area (Å²) in [6.45, 7) is 8.04. The molecule has 138 valence electrons. The summed E-state index contributed by atoms with van der Waals surface area (Å²) >= 11 is 4.29. The number of thiophene rings is 2. The van der Waals surface area contributed by atoms with Crippen LogP contribution in [0.15, 0.2) is 38.8 Å². The van der Waals surface area contributed by atoms with E-state index in [1.165, 1.54) is 34.4 Å². The fraction of sp³-hybridized carbons (Fsp3) is 0.222. The van der Waals surface area contributed by atoms with E-state index in [1.807, 2.05) is 25.3 Å². The second kappa shape index (κ2) is 7.06. The van der Waals surface area contributed by atoms with Crippen LogP contribution in [0.25, 0.3) is 20.4 Å². The number of nitrogens with zero attached hydrogens (tertiary/aromatic N) is 3. The zero-order valence-corrected chi connectivity index (χ0v) is 17.2. The minimum Gasteiger partial charge on any atom is -0.309 e. The van der Waals surface area contributed by atoms with Gasteiger partial charge < -0.3 is 4.98 Å². The lowest BCUT2D eigenvalue weighted by Crippen LogP contribution is -2.22. The molecule has 0 aliphatic rings. The van der Waals surface area contributed by atoms with E-state index in [1.54, 1.807) is 10.6 Å². The van der Waals surface area contributed by atoms with Gasteiger partial charge in [0.05, 0.1) is 16.7 Å². The average Bonchev–Trinajstić information content (AvgIpc) is 3.21. The number of allylic oxidation sites excluding steroid dienone is 1. The highest BCUT2D eigenvalue weighted by molar-refractivity contribution is 7.98. The van der Waals surface area contributed by atoms with E-state index in [0.29, 0.717) is 38.9 Å². The third kappa shape index (κ3) is 3.15. The molecule has 9 heteroatoms. The Morgan fingerprint density at radius 1 is 1.33 bits per heavy atom. The molecule has 4 rings (SSSR count). The summed E-state index contributed by atoms with van der Waals surface area (Å²) in [7, 11) is 0. The first-order chi connectivity index (χ1) is 13.0. The number of hydrogen-bond acceptors (Lipinski definition) is 7. The van der Waals surface area contributed by atoms with Crippen LogP contribution in [0.5, 0.6) is 0 Å². The molecule has 1 N–H and O–H groups in total. The Bertz CT molecular complexity index is 1300. The molecule has 4 heterocycles. The molecule has 4 aromatic heterocycles. The smallest absolute Gasteiger partial charge is 0.272 e. The Labute approximate surface area is 166 Å². The molecule has 0 aromatic carbocycles. The third-order valence-electron chi connectivity index (χ3n) is 4.27. The highest BCUT2D eigenvalue weighted by Gasteiger charge is 2.15. The summed E-state index contributed by atoms with van der Waals surface area (Å²) in [6, 6.07) is 1.84. The molecule has 0 aliphatic heterocycles. The minimum absolute atomic E-state index is 0.0705. The molecule has 0 aliphatic carbocycles. The van der Waals surface area contributed by atoms with Gasteiger partial charge in [0.2, 0.25) is 0 Å². The molecule has 27 heavy (non-hydrogen) atoms. The maximum absolute atomic E-state index is 12.7. The van der Waals surface area contributed by atoms with Gasteiger partial charge in [0.15, 0.2) is 5.16 Å². The van der Waals surface area contributed by atoms with Crippen molar-refractivity contribution in [3.05, 3.63) is 61.1 Å². The van der Waals surface area contributed by atoms with Crippen molar-refractivity contribution >= 4 is 54.9 Å². The predicted octanol–water partition coefficient (Wildman–Crippen LogP) is 3.85. The molecule has 6 nitrogen and oxygen atoms in total. The Hall–Kier alpha value is -2.23. The number of aryl methyl sites for hydroxylation is 2. The fourth-order valence-electron chi connectivity index (χ4n) is 2.82. The molecule has 0 amide bonds. The van der Waals surface area contributed by atoms with Gasteiger partial charge in [0.1, 0.15) is 15.4 Å².